The van der Waals surface area contributed by atoms with Gasteiger partial charge in [0.15, 0.2) is 11.7 Å². The lowest BCUT2D eigenvalue weighted by Gasteiger charge is -2.30. The molecule has 0 bridgehead atoms. The number of fused-ring (bicyclic) bond motifs is 2. The molecule has 0 radical (unpaired) electrons. The Morgan fingerprint density at radius 2 is 0.672 bits per heavy atom. The van der Waals surface area contributed by atoms with Crippen molar-refractivity contribution in [2.24, 2.45) is 9.98 Å². The Balaban J connectivity index is 1.11. The number of amides is 2. The summed E-state index contributed by atoms with van der Waals surface area (Å²) in [5, 5.41) is 3.65. The summed E-state index contributed by atoms with van der Waals surface area (Å²) in [4.78, 5) is 50.9. The van der Waals surface area contributed by atoms with Crippen LogP contribution in [0.25, 0.3) is 21.5 Å². The minimum absolute atomic E-state index is 0.186. The summed E-state index contributed by atoms with van der Waals surface area (Å²) in [7, 11) is 0. The van der Waals surface area contributed by atoms with Crippen LogP contribution in [0.1, 0.15) is 78.5 Å². The summed E-state index contributed by atoms with van der Waals surface area (Å²) >= 11 is 0. The van der Waals surface area contributed by atoms with Crippen molar-refractivity contribution < 1.29 is 9.59 Å². The van der Waals surface area contributed by atoms with Crippen LogP contribution in [-0.2, 0) is 0 Å². The SMILES string of the molecule is O=C(c1cccc2ccccc12)N1C(c2cccc(C3=N[C@H](c4ccccc4)[C@@H](c4ccccc4)N3C(=O)c3cccc4ccccc34)n2)=N[C@H](c2ccccc2)[C@H]1c1ccccc1. The van der Waals surface area contributed by atoms with Crippen molar-refractivity contribution in [3.8, 4) is 0 Å². The molecular formula is C57H41N5O2. The highest BCUT2D eigenvalue weighted by atomic mass is 16.2. The van der Waals surface area contributed by atoms with Crippen LogP contribution >= 0.6 is 0 Å². The fourth-order valence-corrected chi connectivity index (χ4v) is 9.44. The quantitative estimate of drug-likeness (QED) is 0.153. The molecule has 2 aliphatic heterocycles. The van der Waals surface area contributed by atoms with Crippen molar-refractivity contribution in [2.75, 3.05) is 0 Å². The molecule has 7 heteroatoms. The first-order valence-corrected chi connectivity index (χ1v) is 21.6. The number of hydrogen-bond donors (Lipinski definition) is 0. The highest BCUT2D eigenvalue weighted by Gasteiger charge is 2.45. The Labute approximate surface area is 371 Å². The van der Waals surface area contributed by atoms with E-state index in [0.29, 0.717) is 34.2 Å². The second-order valence-electron chi connectivity index (χ2n) is 16.1. The zero-order chi connectivity index (χ0) is 43.0. The maximum absolute atomic E-state index is 15.5. The van der Waals surface area contributed by atoms with E-state index in [1.165, 1.54) is 0 Å². The largest absolute Gasteiger partial charge is 0.281 e. The normalized spacial score (nSPS) is 18.2. The van der Waals surface area contributed by atoms with Crippen molar-refractivity contribution in [2.45, 2.75) is 24.2 Å². The Kier molecular flexibility index (Phi) is 9.98. The minimum atomic E-state index is -0.492. The molecule has 2 amide bonds. The van der Waals surface area contributed by atoms with Crippen LogP contribution in [0.5, 0.6) is 0 Å². The molecule has 9 aromatic rings. The Hall–Kier alpha value is -8.29. The second-order valence-corrected chi connectivity index (χ2v) is 16.1. The summed E-state index contributed by atoms with van der Waals surface area (Å²) in [6.45, 7) is 0. The van der Waals surface area contributed by atoms with E-state index in [1.54, 1.807) is 0 Å². The van der Waals surface area contributed by atoms with E-state index in [4.69, 9.17) is 15.0 Å². The lowest BCUT2D eigenvalue weighted by Crippen LogP contribution is -2.39. The Morgan fingerprint density at radius 1 is 0.344 bits per heavy atom. The van der Waals surface area contributed by atoms with Crippen LogP contribution in [0.15, 0.2) is 234 Å². The fourth-order valence-electron chi connectivity index (χ4n) is 9.44. The van der Waals surface area contributed by atoms with Gasteiger partial charge < -0.3 is 0 Å². The molecule has 0 unspecified atom stereocenters. The van der Waals surface area contributed by atoms with E-state index < -0.39 is 24.2 Å². The minimum Gasteiger partial charge on any atom is -0.281 e. The lowest BCUT2D eigenvalue weighted by atomic mass is 9.93. The van der Waals surface area contributed by atoms with E-state index in [-0.39, 0.29) is 11.8 Å². The molecule has 11 rings (SSSR count). The van der Waals surface area contributed by atoms with Gasteiger partial charge in [0.2, 0.25) is 0 Å². The number of carbonyl (C=O) groups excluding carboxylic acids is 2. The predicted molar refractivity (Wildman–Crippen MR) is 254 cm³/mol. The second kappa shape index (κ2) is 16.5. The van der Waals surface area contributed by atoms with Crippen molar-refractivity contribution in [3.05, 3.63) is 269 Å². The van der Waals surface area contributed by atoms with Gasteiger partial charge >= 0.3 is 0 Å². The first kappa shape index (κ1) is 38.6. The molecular weight excluding hydrogens is 787 g/mol. The molecule has 1 aromatic heterocycles. The van der Waals surface area contributed by atoms with E-state index in [0.717, 1.165) is 43.8 Å². The highest BCUT2D eigenvalue weighted by Crippen LogP contribution is 2.46. The van der Waals surface area contributed by atoms with Gasteiger partial charge in [0.1, 0.15) is 23.5 Å². The molecule has 7 nitrogen and oxygen atoms in total. The average molecular weight is 828 g/mol. The van der Waals surface area contributed by atoms with Gasteiger partial charge in [-0.15, -0.1) is 0 Å². The molecule has 0 saturated heterocycles. The third-order valence-electron chi connectivity index (χ3n) is 12.4. The van der Waals surface area contributed by atoms with Gasteiger partial charge in [-0.3, -0.25) is 29.4 Å². The molecule has 306 valence electrons. The van der Waals surface area contributed by atoms with Gasteiger partial charge in [-0.25, -0.2) is 4.98 Å². The molecule has 2 aliphatic rings. The molecule has 3 heterocycles. The Bertz CT molecular complexity index is 3020. The number of aromatic nitrogens is 1. The van der Waals surface area contributed by atoms with Crippen LogP contribution in [-0.4, -0.2) is 38.3 Å². The number of rotatable bonds is 8. The van der Waals surface area contributed by atoms with Gasteiger partial charge in [-0.1, -0.05) is 200 Å². The average Bonchev–Trinajstić information content (AvgIpc) is 3.98. The third kappa shape index (κ3) is 6.84. The molecule has 0 aliphatic carbocycles. The summed E-state index contributed by atoms with van der Waals surface area (Å²) in [6.07, 6.45) is 0. The number of nitrogens with zero attached hydrogens (tertiary/aromatic N) is 5. The number of benzene rings is 8. The standard InChI is InChI=1S/C57H41N5O2/c63-56(46-34-17-30-38-20-13-15-32-44(38)46)61-52(42-26-9-3-10-27-42)50(40-22-5-1-6-23-40)59-54(61)48-36-19-37-49(58-48)55-60-51(41-24-7-2-8-25-41)53(43-28-11-4-12-29-43)62(55)57(64)47-35-18-31-39-21-14-16-33-45(39)47/h1-37,50-53H/t50-,51-,52-,53-/m1/s1. The summed E-state index contributed by atoms with van der Waals surface area (Å²) in [5.41, 5.74) is 5.96. The van der Waals surface area contributed by atoms with Crippen LogP contribution in [0.2, 0.25) is 0 Å². The van der Waals surface area contributed by atoms with Gasteiger partial charge in [-0.2, -0.15) is 0 Å². The lowest BCUT2D eigenvalue weighted by molar-refractivity contribution is 0.0799. The van der Waals surface area contributed by atoms with Gasteiger partial charge in [0.25, 0.3) is 11.8 Å². The van der Waals surface area contributed by atoms with Crippen molar-refractivity contribution in [3.63, 3.8) is 0 Å². The van der Waals surface area contributed by atoms with Crippen LogP contribution in [0, 0.1) is 0 Å². The predicted octanol–water partition coefficient (Wildman–Crippen LogP) is 12.2. The number of amidine groups is 2. The fraction of sp³-hybridized carbons (Fsp3) is 0.0702. The maximum atomic E-state index is 15.5. The summed E-state index contributed by atoms with van der Waals surface area (Å²) in [6, 6.07) is 71.9. The molecule has 0 fully saturated rings. The first-order valence-electron chi connectivity index (χ1n) is 21.6. The van der Waals surface area contributed by atoms with Crippen molar-refractivity contribution in [1.82, 2.24) is 14.8 Å². The summed E-state index contributed by atoms with van der Waals surface area (Å²) in [5.74, 6) is 0.503. The smallest absolute Gasteiger partial charge is 0.260 e. The van der Waals surface area contributed by atoms with Crippen LogP contribution in [0.3, 0.4) is 0 Å². The third-order valence-corrected chi connectivity index (χ3v) is 12.4. The molecule has 64 heavy (non-hydrogen) atoms. The van der Waals surface area contributed by atoms with Gasteiger partial charge in [0.05, 0.1) is 12.1 Å². The van der Waals surface area contributed by atoms with E-state index in [2.05, 4.69) is 48.5 Å². The number of carbonyl (C=O) groups is 2. The maximum Gasteiger partial charge on any atom is 0.260 e. The van der Waals surface area contributed by atoms with Gasteiger partial charge in [0, 0.05) is 11.1 Å². The topological polar surface area (TPSA) is 78.2 Å². The van der Waals surface area contributed by atoms with E-state index >= 15 is 9.59 Å². The van der Waals surface area contributed by atoms with E-state index in [9.17, 15) is 0 Å². The Morgan fingerprint density at radius 3 is 1.08 bits per heavy atom. The van der Waals surface area contributed by atoms with Gasteiger partial charge in [-0.05, 0) is 68.1 Å². The molecule has 8 aromatic carbocycles. The van der Waals surface area contributed by atoms with Crippen molar-refractivity contribution >= 4 is 45.0 Å². The number of pyridine rings is 1. The van der Waals surface area contributed by atoms with Crippen molar-refractivity contribution in [1.29, 1.82) is 0 Å². The zero-order valence-electron chi connectivity index (χ0n) is 34.7. The number of hydrogen-bond acceptors (Lipinski definition) is 5. The van der Waals surface area contributed by atoms with E-state index in [1.807, 2.05) is 186 Å². The van der Waals surface area contributed by atoms with Crippen LogP contribution in [0.4, 0.5) is 0 Å². The highest BCUT2D eigenvalue weighted by molar-refractivity contribution is 6.19. The molecule has 0 spiro atoms. The summed E-state index contributed by atoms with van der Waals surface area (Å²) < 4.78 is 0. The molecule has 0 N–H and O–H groups in total. The number of aliphatic imine (C=N–C) groups is 2. The first-order chi connectivity index (χ1) is 31.6. The zero-order valence-corrected chi connectivity index (χ0v) is 34.7. The van der Waals surface area contributed by atoms with Crippen LogP contribution < -0.4 is 0 Å². The molecule has 4 atom stereocenters. The molecule has 0 saturated carbocycles. The monoisotopic (exact) mass is 827 g/mol.